The monoisotopic (exact) mass is 468 g/mol. The minimum absolute atomic E-state index is 0.0961. The number of carbonyl (C=O) groups is 4. The molecule has 2 rings (SSSR count). The second kappa shape index (κ2) is 13.1. The highest BCUT2D eigenvalue weighted by molar-refractivity contribution is 6.01. The predicted molar refractivity (Wildman–Crippen MR) is 129 cm³/mol. The van der Waals surface area contributed by atoms with Gasteiger partial charge in [-0.15, -0.1) is 0 Å². The molecular weight excluding hydrogens is 436 g/mol. The predicted octanol–water partition coefficient (Wildman–Crippen LogP) is 4.00. The summed E-state index contributed by atoms with van der Waals surface area (Å²) in [6.45, 7) is 7.21. The SMILES string of the molecule is CCCC(=O)Nc1ccc(C(=O)COC(=O)[C@@H](NC(=O)c2ccccc2OCC)C(C)C)cc1. The number of amides is 2. The van der Waals surface area contributed by atoms with Gasteiger partial charge in [-0.05, 0) is 55.7 Å². The van der Waals surface area contributed by atoms with Gasteiger partial charge in [0.15, 0.2) is 12.4 Å². The van der Waals surface area contributed by atoms with E-state index in [4.69, 9.17) is 9.47 Å². The van der Waals surface area contributed by atoms with Crippen LogP contribution in [0, 0.1) is 5.92 Å². The maximum absolute atomic E-state index is 12.8. The molecule has 0 radical (unpaired) electrons. The highest BCUT2D eigenvalue weighted by atomic mass is 16.5. The van der Waals surface area contributed by atoms with Crippen molar-refractivity contribution in [1.29, 1.82) is 0 Å². The van der Waals surface area contributed by atoms with Gasteiger partial charge in [-0.1, -0.05) is 32.9 Å². The number of ketones is 1. The van der Waals surface area contributed by atoms with E-state index in [0.29, 0.717) is 35.6 Å². The van der Waals surface area contributed by atoms with E-state index in [1.54, 1.807) is 62.4 Å². The van der Waals surface area contributed by atoms with E-state index in [2.05, 4.69) is 10.6 Å². The van der Waals surface area contributed by atoms with Crippen molar-refractivity contribution >= 4 is 29.3 Å². The third-order valence-electron chi connectivity index (χ3n) is 4.95. The molecule has 0 unspecified atom stereocenters. The molecule has 8 heteroatoms. The second-order valence-corrected chi connectivity index (χ2v) is 8.03. The van der Waals surface area contributed by atoms with Gasteiger partial charge in [0.25, 0.3) is 5.91 Å². The van der Waals surface area contributed by atoms with Crippen LogP contribution in [0.3, 0.4) is 0 Å². The van der Waals surface area contributed by atoms with Gasteiger partial charge >= 0.3 is 5.97 Å². The Kier molecular flexibility index (Phi) is 10.3. The summed E-state index contributed by atoms with van der Waals surface area (Å²) in [6.07, 6.45) is 1.16. The minimum Gasteiger partial charge on any atom is -0.493 e. The Morgan fingerprint density at radius 3 is 2.24 bits per heavy atom. The van der Waals surface area contributed by atoms with Crippen LogP contribution in [0.25, 0.3) is 0 Å². The fourth-order valence-corrected chi connectivity index (χ4v) is 3.15. The van der Waals surface area contributed by atoms with Crippen LogP contribution in [0.4, 0.5) is 5.69 Å². The quantitative estimate of drug-likeness (QED) is 0.360. The number of Topliss-reactive ketones (excluding diaryl/α,β-unsaturated/α-hetero) is 1. The summed E-state index contributed by atoms with van der Waals surface area (Å²) in [7, 11) is 0. The van der Waals surface area contributed by atoms with Crippen LogP contribution in [0.5, 0.6) is 5.75 Å². The zero-order valence-corrected chi connectivity index (χ0v) is 20.1. The van der Waals surface area contributed by atoms with Gasteiger partial charge in [0.05, 0.1) is 12.2 Å². The van der Waals surface area contributed by atoms with Crippen LogP contribution < -0.4 is 15.4 Å². The fourth-order valence-electron chi connectivity index (χ4n) is 3.15. The highest BCUT2D eigenvalue weighted by Crippen LogP contribution is 2.19. The molecule has 0 aliphatic rings. The molecule has 0 aromatic heterocycles. The first kappa shape index (κ1) is 26.6. The van der Waals surface area contributed by atoms with Crippen molar-refractivity contribution in [2.24, 2.45) is 5.92 Å². The van der Waals surface area contributed by atoms with Crippen molar-refractivity contribution in [2.75, 3.05) is 18.5 Å². The maximum Gasteiger partial charge on any atom is 0.329 e. The van der Waals surface area contributed by atoms with Crippen LogP contribution in [-0.4, -0.2) is 42.8 Å². The summed E-state index contributed by atoms with van der Waals surface area (Å²) < 4.78 is 10.7. The molecular formula is C26H32N2O6. The Morgan fingerprint density at radius 1 is 0.941 bits per heavy atom. The van der Waals surface area contributed by atoms with Crippen molar-refractivity contribution in [3.63, 3.8) is 0 Å². The van der Waals surface area contributed by atoms with E-state index < -0.39 is 30.3 Å². The molecule has 182 valence electrons. The van der Waals surface area contributed by atoms with Gasteiger partial charge in [-0.2, -0.15) is 0 Å². The molecule has 0 aliphatic carbocycles. The first-order valence-corrected chi connectivity index (χ1v) is 11.4. The largest absolute Gasteiger partial charge is 0.493 e. The third-order valence-corrected chi connectivity index (χ3v) is 4.95. The molecule has 34 heavy (non-hydrogen) atoms. The Bertz CT molecular complexity index is 1000. The van der Waals surface area contributed by atoms with Gasteiger partial charge < -0.3 is 20.1 Å². The average molecular weight is 469 g/mol. The highest BCUT2D eigenvalue weighted by Gasteiger charge is 2.28. The molecule has 0 heterocycles. The van der Waals surface area contributed by atoms with Crippen molar-refractivity contribution in [1.82, 2.24) is 5.32 Å². The zero-order chi connectivity index (χ0) is 25.1. The molecule has 2 aromatic carbocycles. The molecule has 0 spiro atoms. The lowest BCUT2D eigenvalue weighted by Crippen LogP contribution is -2.45. The molecule has 2 aromatic rings. The van der Waals surface area contributed by atoms with Crippen LogP contribution in [-0.2, 0) is 14.3 Å². The van der Waals surface area contributed by atoms with Gasteiger partial charge in [0.2, 0.25) is 5.91 Å². The van der Waals surface area contributed by atoms with Gasteiger partial charge in [0, 0.05) is 17.7 Å². The zero-order valence-electron chi connectivity index (χ0n) is 20.1. The fraction of sp³-hybridized carbons (Fsp3) is 0.385. The van der Waals surface area contributed by atoms with E-state index in [0.717, 1.165) is 6.42 Å². The van der Waals surface area contributed by atoms with E-state index in [9.17, 15) is 19.2 Å². The Balaban J connectivity index is 1.97. The number of nitrogens with one attached hydrogen (secondary N) is 2. The number of esters is 1. The summed E-state index contributed by atoms with van der Waals surface area (Å²) in [5, 5.41) is 5.43. The molecule has 0 aliphatic heterocycles. The van der Waals surface area contributed by atoms with Crippen molar-refractivity contribution < 1.29 is 28.7 Å². The van der Waals surface area contributed by atoms with Crippen LogP contribution in [0.15, 0.2) is 48.5 Å². The Hall–Kier alpha value is -3.68. The van der Waals surface area contributed by atoms with Gasteiger partial charge in [-0.25, -0.2) is 4.79 Å². The number of benzene rings is 2. The maximum atomic E-state index is 12.8. The molecule has 0 saturated heterocycles. The standard InChI is InChI=1S/C26H32N2O6/c1-5-9-23(30)27-19-14-12-18(13-15-19)21(29)16-34-26(32)24(17(3)4)28-25(31)20-10-7-8-11-22(20)33-6-2/h7-8,10-15,17,24H,5-6,9,16H2,1-4H3,(H,27,30)(H,28,31)/t24-/m0/s1. The van der Waals surface area contributed by atoms with E-state index >= 15 is 0 Å². The lowest BCUT2D eigenvalue weighted by molar-refractivity contribution is -0.146. The molecule has 2 N–H and O–H groups in total. The number of rotatable bonds is 12. The molecule has 1 atom stereocenters. The third kappa shape index (κ3) is 7.72. The smallest absolute Gasteiger partial charge is 0.329 e. The summed E-state index contributed by atoms with van der Waals surface area (Å²) in [4.78, 5) is 49.6. The number of hydrogen-bond donors (Lipinski definition) is 2. The van der Waals surface area contributed by atoms with Crippen molar-refractivity contribution in [3.8, 4) is 5.75 Å². The summed E-state index contributed by atoms with van der Waals surface area (Å²) in [6, 6.07) is 12.2. The molecule has 0 fully saturated rings. The molecule has 2 amide bonds. The molecule has 8 nitrogen and oxygen atoms in total. The van der Waals surface area contributed by atoms with Crippen molar-refractivity contribution in [2.45, 2.75) is 46.6 Å². The topological polar surface area (TPSA) is 111 Å². The number of anilines is 1. The second-order valence-electron chi connectivity index (χ2n) is 8.03. The number of carbonyl (C=O) groups excluding carboxylic acids is 4. The molecule has 0 bridgehead atoms. The normalized spacial score (nSPS) is 11.4. The lowest BCUT2D eigenvalue weighted by Gasteiger charge is -2.21. The Morgan fingerprint density at radius 2 is 1.62 bits per heavy atom. The summed E-state index contributed by atoms with van der Waals surface area (Å²) in [5.41, 5.74) is 1.24. The van der Waals surface area contributed by atoms with Crippen LogP contribution in [0.1, 0.15) is 61.3 Å². The Labute approximate surface area is 200 Å². The summed E-state index contributed by atoms with van der Waals surface area (Å²) >= 11 is 0. The van der Waals surface area contributed by atoms with E-state index in [-0.39, 0.29) is 11.8 Å². The minimum atomic E-state index is -0.939. The summed E-state index contributed by atoms with van der Waals surface area (Å²) in [5.74, 6) is -1.50. The number of para-hydroxylation sites is 1. The lowest BCUT2D eigenvalue weighted by atomic mass is 10.0. The first-order valence-electron chi connectivity index (χ1n) is 11.4. The average Bonchev–Trinajstić information content (AvgIpc) is 2.81. The van der Waals surface area contributed by atoms with E-state index in [1.165, 1.54) is 0 Å². The van der Waals surface area contributed by atoms with Crippen LogP contribution >= 0.6 is 0 Å². The van der Waals surface area contributed by atoms with Crippen molar-refractivity contribution in [3.05, 3.63) is 59.7 Å². The van der Waals surface area contributed by atoms with Crippen LogP contribution in [0.2, 0.25) is 0 Å². The first-order chi connectivity index (χ1) is 16.3. The number of hydrogen-bond acceptors (Lipinski definition) is 6. The van der Waals surface area contributed by atoms with Gasteiger partial charge in [-0.3, -0.25) is 14.4 Å². The van der Waals surface area contributed by atoms with E-state index in [1.807, 2.05) is 13.8 Å². The van der Waals surface area contributed by atoms with Gasteiger partial charge in [0.1, 0.15) is 11.8 Å². The number of ether oxygens (including phenoxy) is 2. The molecule has 0 saturated carbocycles.